The lowest BCUT2D eigenvalue weighted by atomic mass is 10.0. The minimum absolute atomic E-state index is 0.117. The maximum atomic E-state index is 12.9. The van der Waals surface area contributed by atoms with Crippen molar-refractivity contribution in [3.63, 3.8) is 0 Å². The molecule has 0 aliphatic heterocycles. The van der Waals surface area contributed by atoms with Gasteiger partial charge in [-0.2, -0.15) is 0 Å². The topological polar surface area (TPSA) is 82.5 Å². The van der Waals surface area contributed by atoms with Gasteiger partial charge < -0.3 is 19.4 Å². The summed E-state index contributed by atoms with van der Waals surface area (Å²) in [4.78, 5) is 29.4. The molecule has 0 saturated heterocycles. The Kier molecular flexibility index (Phi) is 7.34. The van der Waals surface area contributed by atoms with Crippen molar-refractivity contribution in [2.24, 2.45) is 13.0 Å². The van der Waals surface area contributed by atoms with E-state index in [0.717, 1.165) is 33.8 Å². The fourth-order valence-corrected chi connectivity index (χ4v) is 4.01. The second-order valence-electron chi connectivity index (χ2n) is 10.2. The molecular weight excluding hydrogens is 430 g/mol. The van der Waals surface area contributed by atoms with E-state index in [1.807, 2.05) is 45.9 Å². The molecule has 0 saturated carbocycles. The maximum Gasteiger partial charge on any atom is 0.407 e. The Morgan fingerprint density at radius 2 is 1.91 bits per heavy atom. The van der Waals surface area contributed by atoms with Crippen molar-refractivity contribution in [3.8, 4) is 5.75 Å². The van der Waals surface area contributed by atoms with E-state index >= 15 is 0 Å². The van der Waals surface area contributed by atoms with E-state index in [0.29, 0.717) is 17.1 Å². The minimum Gasteiger partial charge on any atom is -0.491 e. The van der Waals surface area contributed by atoms with Crippen molar-refractivity contribution in [2.45, 2.75) is 59.6 Å². The van der Waals surface area contributed by atoms with Crippen molar-refractivity contribution in [1.82, 2.24) is 14.9 Å². The van der Waals surface area contributed by atoms with Crippen molar-refractivity contribution >= 4 is 33.3 Å². The number of carbonyl (C=O) groups excluding carboxylic acids is 1. The first-order valence-electron chi connectivity index (χ1n) is 11.6. The Morgan fingerprint density at radius 1 is 1.21 bits per heavy atom. The fourth-order valence-electron chi connectivity index (χ4n) is 4.01. The molecule has 1 amide bonds. The normalized spacial score (nSPS) is 12.7. The average molecular weight is 466 g/mol. The number of allylic oxidation sites excluding steroid dienone is 1. The van der Waals surface area contributed by atoms with Crippen LogP contribution in [0.25, 0.3) is 27.2 Å². The highest BCUT2D eigenvalue weighted by Crippen LogP contribution is 2.33. The van der Waals surface area contributed by atoms with Gasteiger partial charge in [-0.05, 0) is 63.1 Å². The Balaban J connectivity index is 1.99. The number of rotatable bonds is 7. The van der Waals surface area contributed by atoms with Crippen LogP contribution in [0.15, 0.2) is 42.0 Å². The number of alkyl carbamates (subject to hydrolysis) is 1. The molecule has 2 heterocycles. The lowest BCUT2D eigenvalue weighted by Crippen LogP contribution is -2.42. The molecule has 0 spiro atoms. The van der Waals surface area contributed by atoms with Crippen molar-refractivity contribution < 1.29 is 14.3 Å². The van der Waals surface area contributed by atoms with Crippen LogP contribution in [0.4, 0.5) is 4.79 Å². The molecule has 1 aromatic carbocycles. The van der Waals surface area contributed by atoms with E-state index < -0.39 is 11.7 Å². The molecule has 0 aliphatic rings. The molecule has 0 aliphatic carbocycles. The van der Waals surface area contributed by atoms with Gasteiger partial charge in [0.15, 0.2) is 0 Å². The first kappa shape index (κ1) is 25.3. The van der Waals surface area contributed by atoms with Crippen LogP contribution in [0.3, 0.4) is 0 Å². The van der Waals surface area contributed by atoms with Gasteiger partial charge in [-0.25, -0.2) is 4.79 Å². The number of benzene rings is 1. The van der Waals surface area contributed by atoms with E-state index in [-0.39, 0.29) is 18.2 Å². The highest BCUT2D eigenvalue weighted by molar-refractivity contribution is 6.06. The molecule has 0 fully saturated rings. The zero-order valence-electron chi connectivity index (χ0n) is 21.2. The molecule has 3 aromatic rings. The summed E-state index contributed by atoms with van der Waals surface area (Å²) >= 11 is 0. The Hall–Kier alpha value is -3.35. The van der Waals surface area contributed by atoms with Crippen molar-refractivity contribution in [1.29, 1.82) is 0 Å². The SMILES string of the molecule is C=C(C)c1cc2c3ccncc3c(=O)n(C)c2cc1OC[C@H](CC(C)C)NC(=O)OC(C)(C)C. The number of nitrogens with one attached hydrogen (secondary N) is 1. The maximum absolute atomic E-state index is 12.9. The molecule has 2 aromatic heterocycles. The number of carbonyl (C=O) groups is 1. The summed E-state index contributed by atoms with van der Waals surface area (Å²) in [7, 11) is 1.74. The molecule has 1 N–H and O–H groups in total. The summed E-state index contributed by atoms with van der Waals surface area (Å²) in [5.74, 6) is 0.963. The second-order valence-corrected chi connectivity index (χ2v) is 10.2. The third-order valence-electron chi connectivity index (χ3n) is 5.48. The largest absolute Gasteiger partial charge is 0.491 e. The number of nitrogens with zero attached hydrogens (tertiary/aromatic N) is 2. The number of amides is 1. The molecule has 182 valence electrons. The van der Waals surface area contributed by atoms with Gasteiger partial charge in [0.2, 0.25) is 0 Å². The first-order valence-corrected chi connectivity index (χ1v) is 11.6. The monoisotopic (exact) mass is 465 g/mol. The summed E-state index contributed by atoms with van der Waals surface area (Å²) in [6, 6.07) is 5.49. The standard InChI is InChI=1S/C27H35N3O4/c1-16(2)11-18(29-26(32)34-27(5,6)7)15-33-24-13-23-21(12-20(24)17(3)4)19-9-10-28-14-22(19)25(31)30(23)8/h9-10,12-14,16,18H,3,11,15H2,1-2,4-8H3,(H,29,32)/t18-/m0/s1. The quantitative estimate of drug-likeness (QED) is 0.470. The van der Waals surface area contributed by atoms with Gasteiger partial charge in [-0.15, -0.1) is 0 Å². The summed E-state index contributed by atoms with van der Waals surface area (Å²) < 4.78 is 13.3. The van der Waals surface area contributed by atoms with Gasteiger partial charge in [0.1, 0.15) is 18.0 Å². The molecule has 0 unspecified atom stereocenters. The lowest BCUT2D eigenvalue weighted by molar-refractivity contribution is 0.0480. The second kappa shape index (κ2) is 9.87. The van der Waals surface area contributed by atoms with Crippen LogP contribution in [-0.4, -0.2) is 33.9 Å². The minimum atomic E-state index is -0.581. The molecular formula is C27H35N3O4. The van der Waals surface area contributed by atoms with E-state index in [1.54, 1.807) is 24.0 Å². The zero-order valence-corrected chi connectivity index (χ0v) is 21.2. The summed E-state index contributed by atoms with van der Waals surface area (Å²) in [5, 5.41) is 5.27. The number of aryl methyl sites for hydroxylation is 1. The third-order valence-corrected chi connectivity index (χ3v) is 5.48. The number of aromatic nitrogens is 2. The predicted octanol–water partition coefficient (Wildman–Crippen LogP) is 5.44. The Labute approximate surface area is 200 Å². The highest BCUT2D eigenvalue weighted by Gasteiger charge is 2.22. The van der Waals surface area contributed by atoms with Crippen LogP contribution < -0.4 is 15.6 Å². The van der Waals surface area contributed by atoms with E-state index in [2.05, 4.69) is 30.7 Å². The van der Waals surface area contributed by atoms with Crippen molar-refractivity contribution in [3.05, 3.63) is 53.1 Å². The smallest absolute Gasteiger partial charge is 0.407 e. The summed E-state index contributed by atoms with van der Waals surface area (Å²) in [6.45, 7) is 16.0. The molecule has 7 heteroatoms. The molecule has 0 bridgehead atoms. The highest BCUT2D eigenvalue weighted by atomic mass is 16.6. The van der Waals surface area contributed by atoms with Gasteiger partial charge in [0, 0.05) is 36.5 Å². The predicted molar refractivity (Wildman–Crippen MR) is 137 cm³/mol. The zero-order chi connectivity index (χ0) is 25.2. The molecule has 34 heavy (non-hydrogen) atoms. The van der Waals surface area contributed by atoms with Crippen LogP contribution in [0.1, 0.15) is 53.5 Å². The van der Waals surface area contributed by atoms with Gasteiger partial charge in [0.05, 0.1) is 16.9 Å². The summed E-state index contributed by atoms with van der Waals surface area (Å²) in [5.41, 5.74) is 1.75. The fraction of sp³-hybridized carbons (Fsp3) is 0.444. The van der Waals surface area contributed by atoms with Crippen LogP contribution >= 0.6 is 0 Å². The average Bonchev–Trinajstić information content (AvgIpc) is 2.73. The molecule has 3 rings (SSSR count). The van der Waals surface area contributed by atoms with Gasteiger partial charge in [-0.3, -0.25) is 9.78 Å². The number of hydrogen-bond acceptors (Lipinski definition) is 5. The molecule has 7 nitrogen and oxygen atoms in total. The first-order chi connectivity index (χ1) is 15.9. The third kappa shape index (κ3) is 5.76. The number of fused-ring (bicyclic) bond motifs is 3. The number of pyridine rings is 2. The van der Waals surface area contributed by atoms with Gasteiger partial charge >= 0.3 is 6.09 Å². The lowest BCUT2D eigenvalue weighted by Gasteiger charge is -2.25. The van der Waals surface area contributed by atoms with E-state index in [1.165, 1.54) is 0 Å². The number of hydrogen-bond donors (Lipinski definition) is 1. The van der Waals surface area contributed by atoms with E-state index in [4.69, 9.17) is 9.47 Å². The van der Waals surface area contributed by atoms with Crippen LogP contribution in [0.5, 0.6) is 5.75 Å². The Morgan fingerprint density at radius 3 is 2.53 bits per heavy atom. The molecule has 1 atom stereocenters. The van der Waals surface area contributed by atoms with Gasteiger partial charge in [0.25, 0.3) is 5.56 Å². The van der Waals surface area contributed by atoms with Crippen LogP contribution in [-0.2, 0) is 11.8 Å². The molecule has 0 radical (unpaired) electrons. The number of ether oxygens (including phenoxy) is 2. The van der Waals surface area contributed by atoms with Crippen LogP contribution in [0.2, 0.25) is 0 Å². The Bertz CT molecular complexity index is 1280. The van der Waals surface area contributed by atoms with Crippen LogP contribution in [0, 0.1) is 5.92 Å². The van der Waals surface area contributed by atoms with Gasteiger partial charge in [-0.1, -0.05) is 20.4 Å². The van der Waals surface area contributed by atoms with Crippen molar-refractivity contribution in [2.75, 3.05) is 6.61 Å². The summed E-state index contributed by atoms with van der Waals surface area (Å²) in [6.07, 6.45) is 3.54. The van der Waals surface area contributed by atoms with E-state index in [9.17, 15) is 9.59 Å².